The lowest BCUT2D eigenvalue weighted by Crippen LogP contribution is -2.55. The molecule has 1 aromatic carbocycles. The van der Waals surface area contributed by atoms with Gasteiger partial charge in [0, 0.05) is 12.1 Å². The van der Waals surface area contributed by atoms with Crippen LogP contribution in [-0.4, -0.2) is 42.1 Å². The molecule has 0 aliphatic carbocycles. The molecule has 2 rings (SSSR count). The fraction of sp³-hybridized carbons (Fsp3) is 0.550. The van der Waals surface area contributed by atoms with Crippen molar-refractivity contribution in [3.63, 3.8) is 0 Å². The van der Waals surface area contributed by atoms with Gasteiger partial charge in [0.1, 0.15) is 0 Å². The minimum Gasteiger partial charge on any atom is -0.399 e. The summed E-state index contributed by atoms with van der Waals surface area (Å²) in [5.74, 6) is -1.55. The van der Waals surface area contributed by atoms with Crippen molar-refractivity contribution in [2.75, 3.05) is 6.54 Å². The first-order chi connectivity index (χ1) is 13.2. The highest BCUT2D eigenvalue weighted by Gasteiger charge is 2.61. The molecule has 0 radical (unpaired) electrons. The number of rotatable bonds is 6. The zero-order valence-electron chi connectivity index (χ0n) is 17.3. The van der Waals surface area contributed by atoms with Crippen molar-refractivity contribution in [2.45, 2.75) is 64.0 Å². The van der Waals surface area contributed by atoms with E-state index in [-0.39, 0.29) is 13.0 Å². The van der Waals surface area contributed by atoms with E-state index in [1.54, 1.807) is 6.92 Å². The number of benzene rings is 1. The Morgan fingerprint density at radius 1 is 1.24 bits per heavy atom. The number of carbonyl (C=O) groups excluding carboxylic acids is 1. The number of halogens is 3. The fourth-order valence-electron chi connectivity index (χ4n) is 2.93. The third-order valence-corrected chi connectivity index (χ3v) is 5.58. The summed E-state index contributed by atoms with van der Waals surface area (Å²) >= 11 is 0. The Balaban J connectivity index is 2.48. The number of hydrogen-bond donors (Lipinski definition) is 2. The Hall–Kier alpha value is -1.84. The molecule has 0 spiro atoms. The Bertz CT molecular complexity index is 778. The first-order valence-corrected chi connectivity index (χ1v) is 9.32. The van der Waals surface area contributed by atoms with Gasteiger partial charge in [-0.15, -0.1) is 6.58 Å². The average molecular weight is 413 g/mol. The van der Waals surface area contributed by atoms with E-state index in [0.717, 1.165) is 12.1 Å². The number of aryl methyl sites for hydroxylation is 1. The molecule has 9 heteroatoms. The van der Waals surface area contributed by atoms with E-state index in [0.29, 0.717) is 11.0 Å². The first kappa shape index (κ1) is 23.4. The van der Waals surface area contributed by atoms with Crippen molar-refractivity contribution < 1.29 is 32.4 Å². The highest BCUT2D eigenvalue weighted by molar-refractivity contribution is 6.62. The van der Waals surface area contributed by atoms with Crippen LogP contribution in [0.2, 0.25) is 0 Å². The minimum atomic E-state index is -5.23. The third-order valence-electron chi connectivity index (χ3n) is 5.58. The second kappa shape index (κ2) is 7.77. The standard InChI is InChI=1S/C20H27BF3NO4/c1-7-8-11-25-16(26)19(27,20(22,23)24)14-10-9-13(2)15(12-14)21-28-17(3,4)18(5,6)29-21/h7,9-10,12,27H,1,8,11H2,2-6H3,(H,25,26). The fourth-order valence-corrected chi connectivity index (χ4v) is 2.93. The van der Waals surface area contributed by atoms with E-state index in [1.165, 1.54) is 12.1 Å². The van der Waals surface area contributed by atoms with Gasteiger partial charge in [0.2, 0.25) is 0 Å². The summed E-state index contributed by atoms with van der Waals surface area (Å²) in [4.78, 5) is 12.3. The number of aliphatic hydroxyl groups is 1. The third kappa shape index (κ3) is 4.22. The summed E-state index contributed by atoms with van der Waals surface area (Å²) in [6, 6.07) is 3.62. The highest BCUT2D eigenvalue weighted by Crippen LogP contribution is 2.40. The molecule has 0 bridgehead atoms. The molecule has 1 aliphatic rings. The number of nitrogens with one attached hydrogen (secondary N) is 1. The number of alkyl halides is 3. The van der Waals surface area contributed by atoms with Crippen LogP contribution in [0.5, 0.6) is 0 Å². The van der Waals surface area contributed by atoms with Gasteiger partial charge in [0.25, 0.3) is 11.5 Å². The SMILES string of the molecule is C=CCCNC(=O)C(O)(c1ccc(C)c(B2OC(C)(C)C(C)(C)O2)c1)C(F)(F)F. The molecule has 1 aromatic rings. The predicted molar refractivity (Wildman–Crippen MR) is 105 cm³/mol. The molecular formula is C20H27BF3NO4. The molecule has 29 heavy (non-hydrogen) atoms. The van der Waals surface area contributed by atoms with Gasteiger partial charge in [-0.3, -0.25) is 4.79 Å². The maximum Gasteiger partial charge on any atom is 0.495 e. The van der Waals surface area contributed by atoms with E-state index >= 15 is 0 Å². The molecule has 1 heterocycles. The lowest BCUT2D eigenvalue weighted by atomic mass is 9.74. The summed E-state index contributed by atoms with van der Waals surface area (Å²) in [5, 5.41) is 12.6. The Morgan fingerprint density at radius 3 is 2.28 bits per heavy atom. The lowest BCUT2D eigenvalue weighted by molar-refractivity contribution is -0.257. The van der Waals surface area contributed by atoms with Crippen LogP contribution < -0.4 is 10.8 Å². The highest BCUT2D eigenvalue weighted by atomic mass is 19.4. The molecule has 5 nitrogen and oxygen atoms in total. The maximum absolute atomic E-state index is 13.8. The van der Waals surface area contributed by atoms with Crippen molar-refractivity contribution in [1.29, 1.82) is 0 Å². The molecule has 2 N–H and O–H groups in total. The Labute approximate surface area is 169 Å². The van der Waals surface area contributed by atoms with Crippen LogP contribution in [-0.2, 0) is 19.7 Å². The van der Waals surface area contributed by atoms with Gasteiger partial charge in [-0.2, -0.15) is 13.2 Å². The van der Waals surface area contributed by atoms with Crippen LogP contribution in [0.4, 0.5) is 13.2 Å². The van der Waals surface area contributed by atoms with E-state index in [1.807, 2.05) is 27.7 Å². The summed E-state index contributed by atoms with van der Waals surface area (Å²) in [6.07, 6.45) is -3.50. The smallest absolute Gasteiger partial charge is 0.399 e. The van der Waals surface area contributed by atoms with Gasteiger partial charge < -0.3 is 19.7 Å². The Kier molecular flexibility index (Phi) is 6.29. The second-order valence-corrected chi connectivity index (χ2v) is 8.20. The van der Waals surface area contributed by atoms with Crippen LogP contribution in [0.25, 0.3) is 0 Å². The van der Waals surface area contributed by atoms with Gasteiger partial charge in [0.05, 0.1) is 11.2 Å². The van der Waals surface area contributed by atoms with Crippen LogP contribution in [0.3, 0.4) is 0 Å². The van der Waals surface area contributed by atoms with Crippen molar-refractivity contribution in [3.8, 4) is 0 Å². The van der Waals surface area contributed by atoms with E-state index < -0.39 is 41.6 Å². The molecule has 0 saturated carbocycles. The van der Waals surface area contributed by atoms with Gasteiger partial charge in [-0.25, -0.2) is 0 Å². The molecule has 0 aromatic heterocycles. The van der Waals surface area contributed by atoms with Gasteiger partial charge in [-0.05, 0) is 46.5 Å². The quantitative estimate of drug-likeness (QED) is 0.428. The molecule has 1 amide bonds. The zero-order valence-corrected chi connectivity index (χ0v) is 17.3. The number of carbonyl (C=O) groups is 1. The van der Waals surface area contributed by atoms with Crippen LogP contribution in [0.1, 0.15) is 45.2 Å². The first-order valence-electron chi connectivity index (χ1n) is 9.32. The van der Waals surface area contributed by atoms with E-state index in [4.69, 9.17) is 9.31 Å². The normalized spacial score (nSPS) is 20.2. The van der Waals surface area contributed by atoms with Crippen molar-refractivity contribution in [1.82, 2.24) is 5.32 Å². The van der Waals surface area contributed by atoms with Gasteiger partial charge in [-0.1, -0.05) is 29.8 Å². The van der Waals surface area contributed by atoms with Crippen LogP contribution >= 0.6 is 0 Å². The predicted octanol–water partition coefficient (Wildman–Crippen LogP) is 2.74. The topological polar surface area (TPSA) is 67.8 Å². The summed E-state index contributed by atoms with van der Waals surface area (Å²) in [5.41, 5.74) is -4.76. The van der Waals surface area contributed by atoms with E-state index in [9.17, 15) is 23.1 Å². The van der Waals surface area contributed by atoms with Crippen molar-refractivity contribution in [3.05, 3.63) is 42.0 Å². The minimum absolute atomic E-state index is 0.0728. The van der Waals surface area contributed by atoms with Crippen molar-refractivity contribution in [2.24, 2.45) is 0 Å². The number of hydrogen-bond acceptors (Lipinski definition) is 4. The molecule has 160 valence electrons. The summed E-state index contributed by atoms with van der Waals surface area (Å²) in [6.45, 7) is 12.4. The monoisotopic (exact) mass is 413 g/mol. The van der Waals surface area contributed by atoms with E-state index in [2.05, 4.69) is 11.9 Å². The largest absolute Gasteiger partial charge is 0.495 e. The Morgan fingerprint density at radius 2 is 1.79 bits per heavy atom. The summed E-state index contributed by atoms with van der Waals surface area (Å²) < 4.78 is 53.3. The zero-order chi connectivity index (χ0) is 22.3. The molecular weight excluding hydrogens is 386 g/mol. The van der Waals surface area contributed by atoms with Crippen LogP contribution in [0.15, 0.2) is 30.9 Å². The number of amides is 1. The second-order valence-electron chi connectivity index (χ2n) is 8.20. The lowest BCUT2D eigenvalue weighted by Gasteiger charge is -2.32. The molecule has 1 aliphatic heterocycles. The van der Waals surface area contributed by atoms with Gasteiger partial charge >= 0.3 is 13.3 Å². The van der Waals surface area contributed by atoms with Crippen LogP contribution in [0, 0.1) is 6.92 Å². The summed E-state index contributed by atoms with van der Waals surface area (Å²) in [7, 11) is -0.929. The molecule has 1 fully saturated rings. The van der Waals surface area contributed by atoms with Gasteiger partial charge in [0.15, 0.2) is 0 Å². The molecule has 1 unspecified atom stereocenters. The van der Waals surface area contributed by atoms with Crippen molar-refractivity contribution >= 4 is 18.5 Å². The molecule has 1 saturated heterocycles. The average Bonchev–Trinajstić information content (AvgIpc) is 2.81. The molecule has 1 atom stereocenters. The maximum atomic E-state index is 13.8.